The number of alkyl halides is 6. The van der Waals surface area contributed by atoms with Crippen LogP contribution in [-0.2, 0) is 23.7 Å². The van der Waals surface area contributed by atoms with Crippen molar-refractivity contribution in [1.29, 1.82) is 0 Å². The van der Waals surface area contributed by atoms with E-state index in [0.29, 0.717) is 43.0 Å². The molecule has 38 heavy (non-hydrogen) atoms. The molecule has 0 aromatic heterocycles. The van der Waals surface area contributed by atoms with Crippen molar-refractivity contribution in [1.82, 2.24) is 4.90 Å². The number of halogens is 6. The SMILES string of the molecule is CC1(C)CN(Cc2cc(C(F)(F)F)ccc2C(F)(F)F)CC1COc1cccc([C@@H](CC(=O)O)C2CC2)c1. The number of hydrogen-bond acceptors (Lipinski definition) is 3. The highest BCUT2D eigenvalue weighted by atomic mass is 19.4. The first-order valence-corrected chi connectivity index (χ1v) is 12.6. The third-order valence-corrected chi connectivity index (χ3v) is 7.67. The molecule has 2 atom stereocenters. The van der Waals surface area contributed by atoms with Gasteiger partial charge in [0.15, 0.2) is 0 Å². The molecule has 1 N–H and O–H groups in total. The minimum Gasteiger partial charge on any atom is -0.493 e. The molecule has 4 nitrogen and oxygen atoms in total. The Morgan fingerprint density at radius 1 is 1.08 bits per heavy atom. The van der Waals surface area contributed by atoms with Crippen LogP contribution >= 0.6 is 0 Å². The van der Waals surface area contributed by atoms with Crippen LogP contribution in [-0.4, -0.2) is 35.7 Å². The molecule has 10 heteroatoms. The molecular weight excluding hydrogens is 512 g/mol. The first-order valence-electron chi connectivity index (χ1n) is 12.6. The first kappa shape index (κ1) is 28.3. The second-order valence-electron chi connectivity index (χ2n) is 11.1. The number of nitrogens with zero attached hydrogens (tertiary/aromatic N) is 1. The molecule has 1 saturated heterocycles. The predicted molar refractivity (Wildman–Crippen MR) is 129 cm³/mol. The van der Waals surface area contributed by atoms with E-state index >= 15 is 0 Å². The van der Waals surface area contributed by atoms with Crippen molar-refractivity contribution in [2.24, 2.45) is 17.3 Å². The van der Waals surface area contributed by atoms with E-state index in [0.717, 1.165) is 18.4 Å². The van der Waals surface area contributed by atoms with Gasteiger partial charge in [-0.1, -0.05) is 26.0 Å². The predicted octanol–water partition coefficient (Wildman–Crippen LogP) is 7.23. The lowest BCUT2D eigenvalue weighted by Crippen LogP contribution is -2.27. The van der Waals surface area contributed by atoms with E-state index in [9.17, 15) is 36.2 Å². The van der Waals surface area contributed by atoms with E-state index in [2.05, 4.69) is 0 Å². The molecule has 1 heterocycles. The molecule has 208 valence electrons. The molecule has 0 amide bonds. The monoisotopic (exact) mass is 543 g/mol. The first-order chi connectivity index (χ1) is 17.6. The van der Waals surface area contributed by atoms with Gasteiger partial charge in [-0.3, -0.25) is 9.69 Å². The molecule has 0 bridgehead atoms. The van der Waals surface area contributed by atoms with Crippen LogP contribution in [0.1, 0.15) is 61.3 Å². The van der Waals surface area contributed by atoms with E-state index in [1.807, 2.05) is 32.0 Å². The molecule has 0 spiro atoms. The Kier molecular flexibility index (Phi) is 7.76. The number of likely N-dealkylation sites (tertiary alicyclic amines) is 1. The van der Waals surface area contributed by atoms with Gasteiger partial charge in [-0.05, 0) is 71.6 Å². The summed E-state index contributed by atoms with van der Waals surface area (Å²) in [6.45, 7) is 4.70. The van der Waals surface area contributed by atoms with Gasteiger partial charge in [-0.15, -0.1) is 0 Å². The molecule has 1 unspecified atom stereocenters. The molecule has 4 rings (SSSR count). The zero-order chi connectivity index (χ0) is 27.9. The fourth-order valence-corrected chi connectivity index (χ4v) is 5.42. The second kappa shape index (κ2) is 10.4. The number of rotatable bonds is 9. The Morgan fingerprint density at radius 2 is 1.79 bits per heavy atom. The average molecular weight is 544 g/mol. The number of carbonyl (C=O) groups is 1. The standard InChI is InChI=1S/C28H31F6NO3/c1-26(2)16-35(13-19-10-20(27(29,30)31)8-9-24(19)28(32,33)34)14-21(26)15-38-22-5-3-4-18(11-22)23(12-25(36)37)17-6-7-17/h3-5,8-11,17,21,23H,6-7,12-16H2,1-2H3,(H,36,37)/t21?,23-/m0/s1. The summed E-state index contributed by atoms with van der Waals surface area (Å²) in [6, 6.07) is 8.92. The quantitative estimate of drug-likeness (QED) is 0.339. The third kappa shape index (κ3) is 6.81. The lowest BCUT2D eigenvalue weighted by Gasteiger charge is -2.26. The highest BCUT2D eigenvalue weighted by molar-refractivity contribution is 5.68. The number of ether oxygens (including phenoxy) is 1. The van der Waals surface area contributed by atoms with Crippen molar-refractivity contribution in [3.63, 3.8) is 0 Å². The molecular formula is C28H31F6NO3. The number of hydrogen-bond donors (Lipinski definition) is 1. The van der Waals surface area contributed by atoms with Gasteiger partial charge in [0.1, 0.15) is 5.75 Å². The lowest BCUT2D eigenvalue weighted by molar-refractivity contribution is -0.142. The smallest absolute Gasteiger partial charge is 0.416 e. The molecule has 2 aromatic rings. The molecule has 0 radical (unpaired) electrons. The van der Waals surface area contributed by atoms with E-state index in [-0.39, 0.29) is 36.8 Å². The van der Waals surface area contributed by atoms with Crippen LogP contribution in [0.25, 0.3) is 0 Å². The molecule has 2 fully saturated rings. The van der Waals surface area contributed by atoms with Crippen LogP contribution in [0.3, 0.4) is 0 Å². The van der Waals surface area contributed by atoms with Crippen molar-refractivity contribution in [2.75, 3.05) is 19.7 Å². The fraction of sp³-hybridized carbons (Fsp3) is 0.536. The highest BCUT2D eigenvalue weighted by Gasteiger charge is 2.42. The summed E-state index contributed by atoms with van der Waals surface area (Å²) < 4.78 is 86.3. The maximum absolute atomic E-state index is 13.5. The van der Waals surface area contributed by atoms with Crippen molar-refractivity contribution < 1.29 is 41.0 Å². The van der Waals surface area contributed by atoms with Crippen LogP contribution in [0.5, 0.6) is 5.75 Å². The molecule has 1 saturated carbocycles. The highest BCUT2D eigenvalue weighted by Crippen LogP contribution is 2.45. The van der Waals surface area contributed by atoms with Gasteiger partial charge in [0, 0.05) is 25.6 Å². The summed E-state index contributed by atoms with van der Waals surface area (Å²) in [7, 11) is 0. The van der Waals surface area contributed by atoms with Gasteiger partial charge in [-0.2, -0.15) is 26.3 Å². The molecule has 2 aliphatic rings. The molecule has 1 aliphatic carbocycles. The topological polar surface area (TPSA) is 49.8 Å². The number of carboxylic acid groups (broad SMARTS) is 1. The van der Waals surface area contributed by atoms with Crippen LogP contribution in [0.2, 0.25) is 0 Å². The number of benzene rings is 2. The summed E-state index contributed by atoms with van der Waals surface area (Å²) in [5.74, 6) is -0.0732. The zero-order valence-electron chi connectivity index (χ0n) is 21.2. The number of carboxylic acids is 1. The van der Waals surface area contributed by atoms with Gasteiger partial charge >= 0.3 is 18.3 Å². The zero-order valence-corrected chi connectivity index (χ0v) is 21.2. The summed E-state index contributed by atoms with van der Waals surface area (Å²) in [5, 5.41) is 9.29. The minimum atomic E-state index is -4.76. The Balaban J connectivity index is 1.45. The van der Waals surface area contributed by atoms with Crippen LogP contribution < -0.4 is 4.74 Å². The van der Waals surface area contributed by atoms with Gasteiger partial charge in [0.2, 0.25) is 0 Å². The van der Waals surface area contributed by atoms with E-state index in [1.54, 1.807) is 11.0 Å². The van der Waals surface area contributed by atoms with E-state index in [4.69, 9.17) is 4.74 Å². The van der Waals surface area contributed by atoms with Gasteiger partial charge < -0.3 is 9.84 Å². The summed E-state index contributed by atoms with van der Waals surface area (Å²) in [4.78, 5) is 13.1. The van der Waals surface area contributed by atoms with Crippen molar-refractivity contribution in [3.8, 4) is 5.75 Å². The van der Waals surface area contributed by atoms with Gasteiger partial charge in [-0.25, -0.2) is 0 Å². The largest absolute Gasteiger partial charge is 0.493 e. The van der Waals surface area contributed by atoms with Crippen molar-refractivity contribution in [3.05, 3.63) is 64.7 Å². The summed E-state index contributed by atoms with van der Waals surface area (Å²) in [5.41, 5.74) is -2.01. The van der Waals surface area contributed by atoms with Crippen LogP contribution in [0.15, 0.2) is 42.5 Å². The maximum atomic E-state index is 13.5. The normalized spacial score (nSPS) is 20.9. The minimum absolute atomic E-state index is 0.0498. The van der Waals surface area contributed by atoms with Crippen LogP contribution in [0.4, 0.5) is 26.3 Å². The fourth-order valence-electron chi connectivity index (χ4n) is 5.42. The average Bonchev–Trinajstić information content (AvgIpc) is 3.59. The van der Waals surface area contributed by atoms with E-state index < -0.39 is 35.0 Å². The Morgan fingerprint density at radius 3 is 2.39 bits per heavy atom. The van der Waals surface area contributed by atoms with Gasteiger partial charge in [0.05, 0.1) is 24.2 Å². The number of aliphatic carboxylic acids is 1. The van der Waals surface area contributed by atoms with Crippen molar-refractivity contribution >= 4 is 5.97 Å². The summed E-state index contributed by atoms with van der Waals surface area (Å²) >= 11 is 0. The second-order valence-corrected chi connectivity index (χ2v) is 11.1. The third-order valence-electron chi connectivity index (χ3n) is 7.67. The van der Waals surface area contributed by atoms with Crippen molar-refractivity contribution in [2.45, 2.75) is 57.9 Å². The Labute approximate surface area is 217 Å². The summed E-state index contributed by atoms with van der Waals surface area (Å²) in [6.07, 6.45) is -7.46. The molecule has 1 aliphatic heterocycles. The van der Waals surface area contributed by atoms with E-state index in [1.165, 1.54) is 0 Å². The van der Waals surface area contributed by atoms with Crippen LogP contribution in [0, 0.1) is 17.3 Å². The van der Waals surface area contributed by atoms with Gasteiger partial charge in [0.25, 0.3) is 0 Å². The lowest BCUT2D eigenvalue weighted by atomic mass is 9.82. The Hall–Kier alpha value is -2.75. The maximum Gasteiger partial charge on any atom is 0.416 e. The Bertz CT molecular complexity index is 1160. The molecule has 2 aromatic carbocycles.